The molecule has 4 aromatic carbocycles. The molecule has 0 atom stereocenters. The number of carbonyl (C=O) groups excluding carboxylic acids is 2. The smallest absolute Gasteiger partial charge is 0.356 e. The van der Waals surface area contributed by atoms with Crippen molar-refractivity contribution in [3.8, 4) is 11.5 Å². The summed E-state index contributed by atoms with van der Waals surface area (Å²) in [6.07, 6.45) is 2.90. The number of nitrogens with one attached hydrogen (secondary N) is 1. The zero-order chi connectivity index (χ0) is 33.9. The number of hydrogen-bond donors (Lipinski definition) is 2. The molecule has 240 valence electrons. The summed E-state index contributed by atoms with van der Waals surface area (Å²) in [7, 11) is 2.57. The van der Waals surface area contributed by atoms with Gasteiger partial charge in [-0.1, -0.05) is 42.5 Å². The lowest BCUT2D eigenvalue weighted by molar-refractivity contribution is -0.383. The number of rotatable bonds is 5. The average Bonchev–Trinajstić information content (AvgIpc) is 3.10. The first-order valence-corrected chi connectivity index (χ1v) is 13.7. The van der Waals surface area contributed by atoms with E-state index in [1.54, 1.807) is 30.3 Å². The van der Waals surface area contributed by atoms with E-state index in [0.29, 0.717) is 22.6 Å². The van der Waals surface area contributed by atoms with Gasteiger partial charge in [-0.25, -0.2) is 19.0 Å². The standard InChI is InChI=1S/C17H14N2O3.C10H6FNO2.C7H7NO3.H2/c1-21-17(20)15-10-11(8-9-19-15)22-16-7-6-14(18)12-4-2-3-5-13(12)16;11-9-5-6-10(12(13)14)8-4-2-1-3-7(8)9;1-11-7(10)6-4-5(9)2-3-8-6;/h2-10H,18H2,1H3;1-6H;2-4H,1H3,(H,8,9);1H. The quantitative estimate of drug-likeness (QED) is 0.0893. The Bertz CT molecular complexity index is 2140. The van der Waals surface area contributed by atoms with Crippen LogP contribution in [0.25, 0.3) is 21.5 Å². The van der Waals surface area contributed by atoms with Gasteiger partial charge in [0.25, 0.3) is 5.69 Å². The molecule has 0 saturated carbocycles. The number of non-ortho nitro benzene ring substituents is 1. The van der Waals surface area contributed by atoms with Crippen molar-refractivity contribution in [3.05, 3.63) is 147 Å². The third-order valence-corrected chi connectivity index (χ3v) is 6.49. The number of nitro benzene ring substituents is 1. The first-order valence-electron chi connectivity index (χ1n) is 13.7. The number of nitrogen functional groups attached to an aromatic ring is 1. The number of anilines is 1. The number of nitrogens with zero attached hydrogens (tertiary/aromatic N) is 2. The zero-order valence-corrected chi connectivity index (χ0v) is 25.0. The predicted molar refractivity (Wildman–Crippen MR) is 175 cm³/mol. The van der Waals surface area contributed by atoms with Crippen LogP contribution < -0.4 is 15.9 Å². The van der Waals surface area contributed by atoms with Crippen LogP contribution in [-0.4, -0.2) is 41.0 Å². The lowest BCUT2D eigenvalue weighted by Gasteiger charge is -2.11. The van der Waals surface area contributed by atoms with Crippen molar-refractivity contribution in [1.29, 1.82) is 0 Å². The summed E-state index contributed by atoms with van der Waals surface area (Å²) in [5.74, 6) is -0.321. The summed E-state index contributed by atoms with van der Waals surface area (Å²) in [4.78, 5) is 49.6. The number of hydrogen-bond acceptors (Lipinski definition) is 10. The van der Waals surface area contributed by atoms with Crippen LogP contribution in [0.4, 0.5) is 15.8 Å². The molecule has 0 radical (unpaired) electrons. The third-order valence-electron chi connectivity index (χ3n) is 6.49. The van der Waals surface area contributed by atoms with Crippen LogP contribution >= 0.6 is 0 Å². The first-order chi connectivity index (χ1) is 22.6. The highest BCUT2D eigenvalue weighted by atomic mass is 19.1. The van der Waals surface area contributed by atoms with Crippen LogP contribution in [0.2, 0.25) is 0 Å². The fraction of sp³-hybridized carbons (Fsp3) is 0.0588. The Morgan fingerprint density at radius 2 is 1.51 bits per heavy atom. The van der Waals surface area contributed by atoms with Crippen LogP contribution in [0.15, 0.2) is 114 Å². The molecular formula is C34H29FN4O8. The minimum Gasteiger partial charge on any atom is -0.464 e. The van der Waals surface area contributed by atoms with Crippen LogP contribution in [0.3, 0.4) is 0 Å². The summed E-state index contributed by atoms with van der Waals surface area (Å²) < 4.78 is 28.1. The molecule has 0 spiro atoms. The Morgan fingerprint density at radius 1 is 0.851 bits per heavy atom. The van der Waals surface area contributed by atoms with E-state index < -0.39 is 22.7 Å². The van der Waals surface area contributed by atoms with E-state index in [-0.39, 0.29) is 29.3 Å². The number of nitrogens with two attached hydrogens (primary N) is 1. The van der Waals surface area contributed by atoms with Gasteiger partial charge in [-0.05, 0) is 30.3 Å². The summed E-state index contributed by atoms with van der Waals surface area (Å²) in [5.41, 5.74) is 6.74. The number of carbonyl (C=O) groups is 2. The fourth-order valence-corrected chi connectivity index (χ4v) is 4.28. The summed E-state index contributed by atoms with van der Waals surface area (Å²) >= 11 is 0. The van der Waals surface area contributed by atoms with Gasteiger partial charge in [0.05, 0.1) is 24.5 Å². The number of halogens is 1. The van der Waals surface area contributed by atoms with Crippen molar-refractivity contribution >= 4 is 44.9 Å². The molecule has 6 rings (SSSR count). The number of methoxy groups -OCH3 is 2. The Hall–Kier alpha value is -6.63. The minimum absolute atomic E-state index is 0. The number of aromatic nitrogens is 2. The zero-order valence-electron chi connectivity index (χ0n) is 25.0. The molecule has 3 N–H and O–H groups in total. The summed E-state index contributed by atoms with van der Waals surface area (Å²) in [6, 6.07) is 25.7. The van der Waals surface area contributed by atoms with Gasteiger partial charge in [-0.15, -0.1) is 0 Å². The SMILES string of the molecule is COC(=O)c1cc(=O)cc[nH]1.COC(=O)c1cc(Oc2ccc(N)c3ccccc23)ccn1.O=[N+]([O-])c1ccc(F)c2ccccc12.[HH]. The van der Waals surface area contributed by atoms with Crippen molar-refractivity contribution in [2.75, 3.05) is 20.0 Å². The lowest BCUT2D eigenvalue weighted by atomic mass is 10.1. The van der Waals surface area contributed by atoms with E-state index in [4.69, 9.17) is 10.5 Å². The minimum atomic E-state index is -0.539. The van der Waals surface area contributed by atoms with Crippen molar-refractivity contribution in [2.24, 2.45) is 0 Å². The van der Waals surface area contributed by atoms with E-state index in [9.17, 15) is 28.9 Å². The van der Waals surface area contributed by atoms with Crippen LogP contribution in [0.1, 0.15) is 22.4 Å². The number of nitro groups is 1. The van der Waals surface area contributed by atoms with Gasteiger partial charge in [0, 0.05) is 59.9 Å². The van der Waals surface area contributed by atoms with Crippen LogP contribution in [0.5, 0.6) is 11.5 Å². The van der Waals surface area contributed by atoms with E-state index in [2.05, 4.69) is 19.4 Å². The molecule has 0 saturated heterocycles. The van der Waals surface area contributed by atoms with Gasteiger partial charge in [-0.2, -0.15) is 0 Å². The highest BCUT2D eigenvalue weighted by molar-refractivity contribution is 5.97. The molecule has 0 unspecified atom stereocenters. The van der Waals surface area contributed by atoms with Gasteiger partial charge in [0.2, 0.25) is 0 Å². The Balaban J connectivity index is 0.000000208. The normalized spacial score (nSPS) is 10.1. The number of aromatic amines is 1. The van der Waals surface area contributed by atoms with E-state index >= 15 is 0 Å². The average molecular weight is 641 g/mol. The van der Waals surface area contributed by atoms with Gasteiger partial charge in [0.15, 0.2) is 11.1 Å². The maximum absolute atomic E-state index is 13.2. The molecule has 47 heavy (non-hydrogen) atoms. The Morgan fingerprint density at radius 3 is 2.17 bits per heavy atom. The Labute approximate surface area is 267 Å². The number of esters is 2. The third kappa shape index (κ3) is 8.30. The number of ether oxygens (including phenoxy) is 3. The molecule has 0 amide bonds. The van der Waals surface area contributed by atoms with Gasteiger partial charge >= 0.3 is 11.9 Å². The van der Waals surface area contributed by atoms with Crippen LogP contribution in [0, 0.1) is 15.9 Å². The molecule has 6 aromatic rings. The van der Waals surface area contributed by atoms with E-state index in [0.717, 1.165) is 16.8 Å². The molecule has 0 bridgehead atoms. The Kier molecular flexibility index (Phi) is 10.9. The van der Waals surface area contributed by atoms with Crippen molar-refractivity contribution < 1.29 is 34.5 Å². The molecule has 0 fully saturated rings. The lowest BCUT2D eigenvalue weighted by Crippen LogP contribution is -2.08. The monoisotopic (exact) mass is 640 g/mol. The molecule has 0 aliphatic rings. The maximum Gasteiger partial charge on any atom is 0.356 e. The largest absolute Gasteiger partial charge is 0.464 e. The summed E-state index contributed by atoms with van der Waals surface area (Å²) in [5, 5.41) is 13.0. The molecule has 0 aliphatic carbocycles. The van der Waals surface area contributed by atoms with E-state index in [1.165, 1.54) is 63.0 Å². The van der Waals surface area contributed by atoms with Crippen molar-refractivity contribution in [2.45, 2.75) is 0 Å². The van der Waals surface area contributed by atoms with Crippen LogP contribution in [-0.2, 0) is 9.47 Å². The fourth-order valence-electron chi connectivity index (χ4n) is 4.28. The van der Waals surface area contributed by atoms with E-state index in [1.807, 2.05) is 24.3 Å². The summed E-state index contributed by atoms with van der Waals surface area (Å²) in [6.45, 7) is 0. The molecule has 13 heteroatoms. The molecule has 12 nitrogen and oxygen atoms in total. The number of benzene rings is 4. The second-order valence-electron chi connectivity index (χ2n) is 9.47. The molecular weight excluding hydrogens is 611 g/mol. The first kappa shape index (κ1) is 33.3. The van der Waals surface area contributed by atoms with Gasteiger partial charge in [0.1, 0.15) is 23.0 Å². The highest BCUT2D eigenvalue weighted by Gasteiger charge is 2.13. The molecule has 2 aromatic heterocycles. The van der Waals surface area contributed by atoms with Gasteiger partial charge in [-0.3, -0.25) is 14.9 Å². The number of pyridine rings is 2. The second kappa shape index (κ2) is 15.4. The molecule has 2 heterocycles. The maximum atomic E-state index is 13.2. The predicted octanol–water partition coefficient (Wildman–Crippen LogP) is 6.69. The number of H-pyrrole nitrogens is 1. The molecule has 0 aliphatic heterocycles. The van der Waals surface area contributed by atoms with Gasteiger partial charge < -0.3 is 24.9 Å². The number of fused-ring (bicyclic) bond motifs is 2. The topological polar surface area (TPSA) is 177 Å². The second-order valence-corrected chi connectivity index (χ2v) is 9.47. The highest BCUT2D eigenvalue weighted by Crippen LogP contribution is 2.33. The van der Waals surface area contributed by atoms with Crippen molar-refractivity contribution in [1.82, 2.24) is 9.97 Å². The van der Waals surface area contributed by atoms with Crippen molar-refractivity contribution in [3.63, 3.8) is 0 Å².